The molecule has 0 fully saturated rings. The Hall–Kier alpha value is -2.04. The van der Waals surface area contributed by atoms with Gasteiger partial charge in [0.05, 0.1) is 25.0 Å². The molecule has 0 aliphatic heterocycles. The summed E-state index contributed by atoms with van der Waals surface area (Å²) >= 11 is 0. The van der Waals surface area contributed by atoms with E-state index in [2.05, 4.69) is 10.2 Å². The Balaban J connectivity index is 2.86. The van der Waals surface area contributed by atoms with Gasteiger partial charge in [-0.2, -0.15) is 0 Å². The first-order valence-corrected chi connectivity index (χ1v) is 4.40. The minimum atomic E-state index is 0.406. The number of rotatable bonds is 2. The van der Waals surface area contributed by atoms with Gasteiger partial charge in [-0.05, 0) is 12.1 Å². The summed E-state index contributed by atoms with van der Waals surface area (Å²) in [5.41, 5.74) is 6.45. The molecule has 0 atom stereocenters. The van der Waals surface area contributed by atoms with E-state index in [1.54, 1.807) is 13.2 Å². The van der Waals surface area contributed by atoms with Crippen molar-refractivity contribution in [1.82, 2.24) is 10.2 Å². The monoisotopic (exact) mass is 205 g/mol. The number of nitrogens with two attached hydrogens (primary N) is 1. The third-order valence-corrected chi connectivity index (χ3v) is 2.16. The van der Waals surface area contributed by atoms with Crippen molar-refractivity contribution in [2.24, 2.45) is 0 Å². The summed E-state index contributed by atoms with van der Waals surface area (Å²) in [5, 5.41) is 9.29. The Morgan fingerprint density at radius 3 is 2.40 bits per heavy atom. The number of anilines is 1. The molecule has 1 aromatic heterocycles. The van der Waals surface area contributed by atoms with Crippen LogP contribution in [0.4, 0.5) is 5.69 Å². The fraction of sp³-hybridized carbons (Fsp3) is 0.200. The van der Waals surface area contributed by atoms with Crippen LogP contribution in [0.25, 0.3) is 10.8 Å². The number of methoxy groups -OCH3 is 2. The molecular weight excluding hydrogens is 194 g/mol. The average molecular weight is 205 g/mol. The number of nitrogens with zero attached hydrogens (tertiary/aromatic N) is 2. The van der Waals surface area contributed by atoms with E-state index >= 15 is 0 Å². The molecule has 2 N–H and O–H groups in total. The topological polar surface area (TPSA) is 70.3 Å². The Morgan fingerprint density at radius 1 is 1.07 bits per heavy atom. The summed E-state index contributed by atoms with van der Waals surface area (Å²) in [6, 6.07) is 5.48. The summed E-state index contributed by atoms with van der Waals surface area (Å²) in [6.45, 7) is 0. The van der Waals surface area contributed by atoms with E-state index in [4.69, 9.17) is 15.2 Å². The molecule has 0 saturated heterocycles. The van der Waals surface area contributed by atoms with Crippen LogP contribution in [0.3, 0.4) is 0 Å². The SMILES string of the molecule is COc1nnc(OC)c2c(N)cccc12. The normalized spacial score (nSPS) is 10.3. The number of ether oxygens (including phenoxy) is 2. The Labute approximate surface area is 86.8 Å². The van der Waals surface area contributed by atoms with Crippen LogP contribution in [0.15, 0.2) is 18.2 Å². The highest BCUT2D eigenvalue weighted by atomic mass is 16.5. The van der Waals surface area contributed by atoms with Crippen molar-refractivity contribution in [3.8, 4) is 11.8 Å². The minimum absolute atomic E-state index is 0.406. The van der Waals surface area contributed by atoms with E-state index in [0.717, 1.165) is 10.8 Å². The largest absolute Gasteiger partial charge is 0.479 e. The first kappa shape index (κ1) is 9.51. The van der Waals surface area contributed by atoms with Gasteiger partial charge in [0.1, 0.15) is 0 Å². The van der Waals surface area contributed by atoms with Gasteiger partial charge in [-0.1, -0.05) is 6.07 Å². The van der Waals surface area contributed by atoms with Gasteiger partial charge in [0, 0.05) is 5.69 Å². The molecule has 0 saturated carbocycles. The van der Waals surface area contributed by atoms with Crippen LogP contribution in [0.5, 0.6) is 11.8 Å². The molecule has 5 nitrogen and oxygen atoms in total. The highest BCUT2D eigenvalue weighted by Crippen LogP contribution is 2.32. The number of aromatic nitrogens is 2. The predicted octanol–water partition coefficient (Wildman–Crippen LogP) is 1.23. The third kappa shape index (κ3) is 1.41. The minimum Gasteiger partial charge on any atom is -0.479 e. The molecule has 0 radical (unpaired) electrons. The van der Waals surface area contributed by atoms with Crippen molar-refractivity contribution >= 4 is 16.5 Å². The second-order valence-corrected chi connectivity index (χ2v) is 2.99. The molecule has 0 aliphatic rings. The number of hydrogen-bond acceptors (Lipinski definition) is 5. The van der Waals surface area contributed by atoms with Crippen LogP contribution >= 0.6 is 0 Å². The van der Waals surface area contributed by atoms with Gasteiger partial charge in [-0.15, -0.1) is 10.2 Å². The molecule has 0 aliphatic carbocycles. The average Bonchev–Trinajstić information content (AvgIpc) is 2.28. The summed E-state index contributed by atoms with van der Waals surface area (Å²) in [4.78, 5) is 0. The smallest absolute Gasteiger partial charge is 0.243 e. The van der Waals surface area contributed by atoms with Crippen LogP contribution in [0, 0.1) is 0 Å². The molecule has 2 aromatic rings. The van der Waals surface area contributed by atoms with E-state index in [0.29, 0.717) is 17.4 Å². The van der Waals surface area contributed by atoms with E-state index in [9.17, 15) is 0 Å². The molecule has 0 spiro atoms. The lowest BCUT2D eigenvalue weighted by Crippen LogP contribution is -1.98. The molecule has 0 bridgehead atoms. The quantitative estimate of drug-likeness (QED) is 0.746. The van der Waals surface area contributed by atoms with E-state index in [-0.39, 0.29) is 0 Å². The third-order valence-electron chi connectivity index (χ3n) is 2.16. The Bertz CT molecular complexity index is 499. The van der Waals surface area contributed by atoms with Gasteiger partial charge in [0.25, 0.3) is 0 Å². The second-order valence-electron chi connectivity index (χ2n) is 2.99. The van der Waals surface area contributed by atoms with Gasteiger partial charge in [-0.25, -0.2) is 0 Å². The van der Waals surface area contributed by atoms with Gasteiger partial charge < -0.3 is 15.2 Å². The summed E-state index contributed by atoms with van der Waals surface area (Å²) in [7, 11) is 3.07. The van der Waals surface area contributed by atoms with Crippen molar-refractivity contribution in [2.45, 2.75) is 0 Å². The molecule has 78 valence electrons. The van der Waals surface area contributed by atoms with Crippen LogP contribution in [-0.4, -0.2) is 24.4 Å². The molecule has 1 heterocycles. The molecule has 0 amide bonds. The lowest BCUT2D eigenvalue weighted by Gasteiger charge is -2.08. The number of benzene rings is 1. The van der Waals surface area contributed by atoms with Crippen molar-refractivity contribution < 1.29 is 9.47 Å². The molecule has 5 heteroatoms. The fourth-order valence-corrected chi connectivity index (χ4v) is 1.48. The van der Waals surface area contributed by atoms with Crippen LogP contribution in [-0.2, 0) is 0 Å². The Kier molecular flexibility index (Phi) is 2.29. The number of fused-ring (bicyclic) bond motifs is 1. The van der Waals surface area contributed by atoms with Crippen molar-refractivity contribution in [3.63, 3.8) is 0 Å². The van der Waals surface area contributed by atoms with Gasteiger partial charge in [0.2, 0.25) is 11.8 Å². The maximum absolute atomic E-state index is 5.85. The van der Waals surface area contributed by atoms with Gasteiger partial charge in [0.15, 0.2) is 0 Å². The first-order valence-electron chi connectivity index (χ1n) is 4.40. The standard InChI is InChI=1S/C10H11N3O2/c1-14-9-6-4-3-5-7(11)8(6)10(15-2)13-12-9/h3-5H,11H2,1-2H3. The Morgan fingerprint density at radius 2 is 1.73 bits per heavy atom. The van der Waals surface area contributed by atoms with Crippen LogP contribution in [0.2, 0.25) is 0 Å². The van der Waals surface area contributed by atoms with Crippen LogP contribution < -0.4 is 15.2 Å². The predicted molar refractivity (Wildman–Crippen MR) is 57.1 cm³/mol. The van der Waals surface area contributed by atoms with Crippen molar-refractivity contribution in [1.29, 1.82) is 0 Å². The van der Waals surface area contributed by atoms with Crippen molar-refractivity contribution in [3.05, 3.63) is 18.2 Å². The maximum atomic E-state index is 5.85. The van der Waals surface area contributed by atoms with E-state index < -0.39 is 0 Å². The molecular formula is C10H11N3O2. The second kappa shape index (κ2) is 3.61. The highest BCUT2D eigenvalue weighted by molar-refractivity contribution is 5.99. The van der Waals surface area contributed by atoms with E-state index in [1.165, 1.54) is 7.11 Å². The lowest BCUT2D eigenvalue weighted by molar-refractivity contribution is 0.376. The summed E-state index contributed by atoms with van der Waals surface area (Å²) in [6.07, 6.45) is 0. The van der Waals surface area contributed by atoms with Gasteiger partial charge in [-0.3, -0.25) is 0 Å². The number of hydrogen-bond donors (Lipinski definition) is 1. The first-order chi connectivity index (χ1) is 7.27. The molecule has 2 rings (SSSR count). The molecule has 0 unspecified atom stereocenters. The molecule has 15 heavy (non-hydrogen) atoms. The zero-order chi connectivity index (χ0) is 10.8. The lowest BCUT2D eigenvalue weighted by atomic mass is 10.1. The fourth-order valence-electron chi connectivity index (χ4n) is 1.48. The zero-order valence-corrected chi connectivity index (χ0v) is 8.52. The number of nitrogen functional groups attached to an aromatic ring is 1. The van der Waals surface area contributed by atoms with Gasteiger partial charge >= 0.3 is 0 Å². The molecule has 1 aromatic carbocycles. The maximum Gasteiger partial charge on any atom is 0.243 e. The van der Waals surface area contributed by atoms with Crippen molar-refractivity contribution in [2.75, 3.05) is 20.0 Å². The summed E-state index contributed by atoms with van der Waals surface area (Å²) in [5.74, 6) is 0.849. The zero-order valence-electron chi connectivity index (χ0n) is 8.52. The van der Waals surface area contributed by atoms with Crippen LogP contribution in [0.1, 0.15) is 0 Å². The summed E-state index contributed by atoms with van der Waals surface area (Å²) < 4.78 is 10.2. The highest BCUT2D eigenvalue weighted by Gasteiger charge is 2.11. The van der Waals surface area contributed by atoms with E-state index in [1.807, 2.05) is 12.1 Å².